The Hall–Kier alpha value is -1.94. The third-order valence-corrected chi connectivity index (χ3v) is 5.44. The highest BCUT2D eigenvalue weighted by Crippen LogP contribution is 2.37. The minimum atomic E-state index is 0.0798. The van der Waals surface area contributed by atoms with Crippen molar-refractivity contribution in [3.8, 4) is 0 Å². The second-order valence-corrected chi connectivity index (χ2v) is 6.61. The molecule has 0 saturated carbocycles. The second-order valence-electron chi connectivity index (χ2n) is 6.61. The van der Waals surface area contributed by atoms with Crippen LogP contribution in [0.15, 0.2) is 36.5 Å². The van der Waals surface area contributed by atoms with Gasteiger partial charge in [0.25, 0.3) is 5.91 Å². The van der Waals surface area contributed by atoms with E-state index in [-0.39, 0.29) is 11.4 Å². The summed E-state index contributed by atoms with van der Waals surface area (Å²) in [6.07, 6.45) is 5.23. The normalized spacial score (nSPS) is 25.4. The van der Waals surface area contributed by atoms with E-state index in [1.165, 1.54) is 12.8 Å². The van der Waals surface area contributed by atoms with E-state index in [0.29, 0.717) is 5.69 Å². The van der Waals surface area contributed by atoms with E-state index in [1.54, 1.807) is 6.20 Å². The first kappa shape index (κ1) is 13.7. The number of hydrogen-bond acceptors (Lipinski definition) is 3. The number of nitrogens with zero attached hydrogens (tertiary/aromatic N) is 3. The molecule has 22 heavy (non-hydrogen) atoms. The molecule has 4 rings (SSSR count). The fourth-order valence-corrected chi connectivity index (χ4v) is 3.89. The fraction of sp³-hybridized carbons (Fsp3) is 0.444. The molecule has 2 aliphatic heterocycles. The molecular weight excluding hydrogens is 274 g/mol. The van der Waals surface area contributed by atoms with Gasteiger partial charge in [-0.15, -0.1) is 0 Å². The Morgan fingerprint density at radius 1 is 1.18 bits per heavy atom. The molecule has 2 fully saturated rings. The summed E-state index contributed by atoms with van der Waals surface area (Å²) in [6, 6.07) is 9.95. The smallest absolute Gasteiger partial charge is 0.273 e. The van der Waals surface area contributed by atoms with Gasteiger partial charge in [0.2, 0.25) is 0 Å². The molecule has 1 atom stereocenters. The Morgan fingerprint density at radius 3 is 2.82 bits per heavy atom. The third-order valence-electron chi connectivity index (χ3n) is 5.44. The monoisotopic (exact) mass is 295 g/mol. The number of amides is 1. The predicted molar refractivity (Wildman–Crippen MR) is 86.9 cm³/mol. The summed E-state index contributed by atoms with van der Waals surface area (Å²) in [7, 11) is 2.17. The van der Waals surface area contributed by atoms with E-state index in [1.807, 2.05) is 35.2 Å². The first-order valence-corrected chi connectivity index (χ1v) is 8.04. The summed E-state index contributed by atoms with van der Waals surface area (Å²) in [5, 5.41) is 2.03. The lowest BCUT2D eigenvalue weighted by Crippen LogP contribution is -2.66. The minimum Gasteiger partial charge on any atom is -0.335 e. The number of likely N-dealkylation sites (tertiary alicyclic amines) is 2. The van der Waals surface area contributed by atoms with Gasteiger partial charge in [-0.05, 0) is 37.8 Å². The number of likely N-dealkylation sites (N-methyl/N-ethyl adjacent to an activating group) is 1. The summed E-state index contributed by atoms with van der Waals surface area (Å²) in [5.41, 5.74) is 0.815. The van der Waals surface area contributed by atoms with Crippen molar-refractivity contribution in [3.05, 3.63) is 42.2 Å². The number of hydrogen-bond donors (Lipinski definition) is 0. The van der Waals surface area contributed by atoms with Crippen LogP contribution in [0.4, 0.5) is 0 Å². The molecular formula is C18H21N3O. The van der Waals surface area contributed by atoms with Gasteiger partial charge in [0.15, 0.2) is 0 Å². The van der Waals surface area contributed by atoms with Crippen molar-refractivity contribution in [2.24, 2.45) is 0 Å². The van der Waals surface area contributed by atoms with Crippen LogP contribution in [-0.4, -0.2) is 52.9 Å². The van der Waals surface area contributed by atoms with Crippen molar-refractivity contribution in [1.82, 2.24) is 14.8 Å². The van der Waals surface area contributed by atoms with Crippen LogP contribution in [0, 0.1) is 0 Å². The number of carbonyl (C=O) groups is 1. The molecule has 114 valence electrons. The van der Waals surface area contributed by atoms with Crippen molar-refractivity contribution in [1.29, 1.82) is 0 Å². The largest absolute Gasteiger partial charge is 0.335 e. The van der Waals surface area contributed by atoms with Crippen molar-refractivity contribution >= 4 is 16.7 Å². The molecule has 0 bridgehead atoms. The van der Waals surface area contributed by atoms with Gasteiger partial charge in [0.1, 0.15) is 5.69 Å². The van der Waals surface area contributed by atoms with E-state index >= 15 is 0 Å². The Labute approximate surface area is 130 Å². The van der Waals surface area contributed by atoms with Gasteiger partial charge < -0.3 is 4.90 Å². The molecule has 4 nitrogen and oxygen atoms in total. The third kappa shape index (κ3) is 2.02. The number of aromatic nitrogens is 1. The van der Waals surface area contributed by atoms with E-state index < -0.39 is 0 Å². The van der Waals surface area contributed by atoms with Crippen molar-refractivity contribution in [2.45, 2.75) is 24.8 Å². The van der Waals surface area contributed by atoms with Crippen LogP contribution in [0.1, 0.15) is 29.8 Å². The number of piperidine rings is 1. The maximum atomic E-state index is 13.0. The number of rotatable bonds is 1. The Kier molecular flexibility index (Phi) is 3.15. The van der Waals surface area contributed by atoms with E-state index in [0.717, 1.165) is 36.8 Å². The zero-order valence-electron chi connectivity index (χ0n) is 13.0. The lowest BCUT2D eigenvalue weighted by Gasteiger charge is -2.55. The van der Waals surface area contributed by atoms with Crippen molar-refractivity contribution in [2.75, 3.05) is 26.7 Å². The molecule has 2 saturated heterocycles. The van der Waals surface area contributed by atoms with Crippen LogP contribution in [0.25, 0.3) is 10.8 Å². The molecule has 0 aliphatic carbocycles. The van der Waals surface area contributed by atoms with Gasteiger partial charge >= 0.3 is 0 Å². The van der Waals surface area contributed by atoms with E-state index in [2.05, 4.69) is 16.9 Å². The average Bonchev–Trinajstić information content (AvgIpc) is 2.59. The van der Waals surface area contributed by atoms with Crippen LogP contribution >= 0.6 is 0 Å². The summed E-state index contributed by atoms with van der Waals surface area (Å²) in [5.74, 6) is 0.0798. The van der Waals surface area contributed by atoms with Crippen LogP contribution in [0.5, 0.6) is 0 Å². The molecule has 2 aromatic rings. The van der Waals surface area contributed by atoms with Gasteiger partial charge in [0.05, 0.1) is 0 Å². The molecule has 3 heterocycles. The average molecular weight is 295 g/mol. The number of carbonyl (C=O) groups excluding carboxylic acids is 1. The van der Waals surface area contributed by atoms with Gasteiger partial charge in [-0.25, -0.2) is 0 Å². The lowest BCUT2D eigenvalue weighted by atomic mass is 9.78. The Balaban J connectivity index is 1.66. The highest BCUT2D eigenvalue weighted by Gasteiger charge is 2.46. The molecule has 1 amide bonds. The molecule has 0 radical (unpaired) electrons. The molecule has 4 heteroatoms. The quantitative estimate of drug-likeness (QED) is 0.811. The topological polar surface area (TPSA) is 36.4 Å². The van der Waals surface area contributed by atoms with Crippen LogP contribution < -0.4 is 0 Å². The minimum absolute atomic E-state index is 0.0798. The maximum absolute atomic E-state index is 13.0. The van der Waals surface area contributed by atoms with Gasteiger partial charge in [0, 0.05) is 36.8 Å². The lowest BCUT2D eigenvalue weighted by molar-refractivity contribution is -0.0409. The van der Waals surface area contributed by atoms with Crippen molar-refractivity contribution in [3.63, 3.8) is 0 Å². The summed E-state index contributed by atoms with van der Waals surface area (Å²) >= 11 is 0. The van der Waals surface area contributed by atoms with Gasteiger partial charge in [-0.1, -0.05) is 24.3 Å². The second kappa shape index (κ2) is 5.06. The summed E-state index contributed by atoms with van der Waals surface area (Å²) in [6.45, 7) is 2.83. The summed E-state index contributed by atoms with van der Waals surface area (Å²) < 4.78 is 0. The van der Waals surface area contributed by atoms with Crippen LogP contribution in [0.2, 0.25) is 0 Å². The number of fused-ring (bicyclic) bond motifs is 1. The van der Waals surface area contributed by atoms with Crippen molar-refractivity contribution < 1.29 is 4.79 Å². The predicted octanol–water partition coefficient (Wildman–Crippen LogP) is 2.55. The van der Waals surface area contributed by atoms with E-state index in [4.69, 9.17) is 0 Å². The molecule has 1 aromatic heterocycles. The molecule has 0 N–H and O–H groups in total. The molecule has 1 spiro atoms. The van der Waals surface area contributed by atoms with Gasteiger partial charge in [-0.2, -0.15) is 0 Å². The highest BCUT2D eigenvalue weighted by atomic mass is 16.2. The zero-order valence-corrected chi connectivity index (χ0v) is 13.0. The fourth-order valence-electron chi connectivity index (χ4n) is 3.89. The molecule has 2 aliphatic rings. The zero-order chi connectivity index (χ0) is 15.2. The first-order valence-electron chi connectivity index (χ1n) is 8.04. The van der Waals surface area contributed by atoms with Crippen LogP contribution in [0.3, 0.4) is 0 Å². The molecule has 1 aromatic carbocycles. The standard InChI is InChI=1S/C18H21N3O/c1-20-12-9-18(20)8-4-11-21(13-18)17(22)16-15-6-3-2-5-14(15)7-10-19-16/h2-3,5-7,10H,4,8-9,11-13H2,1H3/t18-/m1/s1. The van der Waals surface area contributed by atoms with Crippen LogP contribution in [-0.2, 0) is 0 Å². The number of benzene rings is 1. The summed E-state index contributed by atoms with van der Waals surface area (Å²) in [4.78, 5) is 21.8. The maximum Gasteiger partial charge on any atom is 0.273 e. The first-order chi connectivity index (χ1) is 10.7. The highest BCUT2D eigenvalue weighted by molar-refractivity contribution is 6.05. The number of pyridine rings is 1. The molecule has 0 unspecified atom stereocenters. The Morgan fingerprint density at radius 2 is 2.05 bits per heavy atom. The Bertz CT molecular complexity index is 724. The van der Waals surface area contributed by atoms with Gasteiger partial charge in [-0.3, -0.25) is 14.7 Å². The SMILES string of the molecule is CN1CC[C@@]12CCCN(C(=O)c1nccc3ccccc13)C2. The van der Waals surface area contributed by atoms with E-state index in [9.17, 15) is 4.79 Å².